The Balaban J connectivity index is 2.13. The van der Waals surface area contributed by atoms with E-state index in [0.717, 1.165) is 26.6 Å². The van der Waals surface area contributed by atoms with Gasteiger partial charge in [-0.2, -0.15) is 13.2 Å². The standard InChI is InChI=1S/C16H12Br2F3NO/c1-23-15-11(6-13(17)7-14(15)18)9-22-8-10-2-4-12(5-3-10)16(19,20)21/h2-7,9H,8H2,1H3. The molecule has 0 atom stereocenters. The summed E-state index contributed by atoms with van der Waals surface area (Å²) in [6.45, 7) is 0.283. The van der Waals surface area contributed by atoms with Crippen LogP contribution < -0.4 is 4.74 Å². The van der Waals surface area contributed by atoms with Crippen molar-refractivity contribution in [1.29, 1.82) is 0 Å². The van der Waals surface area contributed by atoms with Crippen LogP contribution in [0.25, 0.3) is 0 Å². The van der Waals surface area contributed by atoms with Crippen LogP contribution in [0.3, 0.4) is 0 Å². The van der Waals surface area contributed by atoms with Gasteiger partial charge in [0.1, 0.15) is 5.75 Å². The van der Waals surface area contributed by atoms with Crippen LogP contribution in [0, 0.1) is 0 Å². The number of ether oxygens (including phenoxy) is 1. The Morgan fingerprint density at radius 3 is 2.35 bits per heavy atom. The van der Waals surface area contributed by atoms with Crippen molar-refractivity contribution in [3.63, 3.8) is 0 Å². The molecule has 2 nitrogen and oxygen atoms in total. The first-order valence-corrected chi connectivity index (χ1v) is 8.09. The van der Waals surface area contributed by atoms with Crippen molar-refractivity contribution < 1.29 is 17.9 Å². The summed E-state index contributed by atoms with van der Waals surface area (Å²) < 4.78 is 44.4. The Hall–Kier alpha value is -1.34. The van der Waals surface area contributed by atoms with Crippen molar-refractivity contribution in [2.45, 2.75) is 12.7 Å². The molecule has 2 rings (SSSR count). The van der Waals surface area contributed by atoms with Gasteiger partial charge in [0.15, 0.2) is 0 Å². The van der Waals surface area contributed by atoms with Crippen LogP contribution in [0.1, 0.15) is 16.7 Å². The molecule has 0 unspecified atom stereocenters. The number of benzene rings is 2. The van der Waals surface area contributed by atoms with E-state index < -0.39 is 11.7 Å². The largest absolute Gasteiger partial charge is 0.495 e. The van der Waals surface area contributed by atoms with Gasteiger partial charge in [-0.3, -0.25) is 4.99 Å². The molecule has 0 heterocycles. The molecule has 7 heteroatoms. The van der Waals surface area contributed by atoms with Crippen molar-refractivity contribution in [3.8, 4) is 5.75 Å². The topological polar surface area (TPSA) is 21.6 Å². The summed E-state index contributed by atoms with van der Waals surface area (Å²) in [5.41, 5.74) is 0.797. The zero-order chi connectivity index (χ0) is 17.0. The quantitative estimate of drug-likeness (QED) is 0.534. The molecule has 2 aromatic rings. The van der Waals surface area contributed by atoms with Crippen molar-refractivity contribution >= 4 is 38.1 Å². The number of hydrogen-bond acceptors (Lipinski definition) is 2. The van der Waals surface area contributed by atoms with Gasteiger partial charge in [0.2, 0.25) is 0 Å². The molecular weight excluding hydrogens is 439 g/mol. The molecule has 23 heavy (non-hydrogen) atoms. The van der Waals surface area contributed by atoms with E-state index in [1.165, 1.54) is 12.1 Å². The van der Waals surface area contributed by atoms with Gasteiger partial charge >= 0.3 is 6.18 Å². The molecule has 0 saturated heterocycles. The Kier molecular flexibility index (Phi) is 5.86. The smallest absolute Gasteiger partial charge is 0.416 e. The van der Waals surface area contributed by atoms with Crippen LogP contribution in [0.15, 0.2) is 50.3 Å². The maximum Gasteiger partial charge on any atom is 0.416 e. The lowest BCUT2D eigenvalue weighted by Crippen LogP contribution is -2.04. The van der Waals surface area contributed by atoms with Crippen LogP contribution in [0.5, 0.6) is 5.75 Å². The fourth-order valence-electron chi connectivity index (χ4n) is 1.94. The molecule has 0 radical (unpaired) electrons. The first-order chi connectivity index (χ1) is 10.8. The van der Waals surface area contributed by atoms with E-state index in [0.29, 0.717) is 11.3 Å². The summed E-state index contributed by atoms with van der Waals surface area (Å²) in [6.07, 6.45) is -2.69. The van der Waals surface area contributed by atoms with Gasteiger partial charge in [0.05, 0.1) is 23.7 Å². The van der Waals surface area contributed by atoms with E-state index in [4.69, 9.17) is 4.74 Å². The molecule has 0 aliphatic heterocycles. The lowest BCUT2D eigenvalue weighted by atomic mass is 10.1. The minimum Gasteiger partial charge on any atom is -0.495 e. The van der Waals surface area contributed by atoms with Crippen LogP contribution in [0.4, 0.5) is 13.2 Å². The fraction of sp³-hybridized carbons (Fsp3) is 0.188. The number of nitrogens with zero attached hydrogens (tertiary/aromatic N) is 1. The van der Waals surface area contributed by atoms with E-state index in [9.17, 15) is 13.2 Å². The number of halogens is 5. The summed E-state index contributed by atoms with van der Waals surface area (Å²) in [4.78, 5) is 4.27. The predicted octanol–water partition coefficient (Wildman–Crippen LogP) is 5.86. The Bertz CT molecular complexity index is 713. The van der Waals surface area contributed by atoms with Gasteiger partial charge in [-0.15, -0.1) is 0 Å². The Morgan fingerprint density at radius 2 is 1.78 bits per heavy atom. The van der Waals surface area contributed by atoms with Crippen LogP contribution in [-0.4, -0.2) is 13.3 Å². The highest BCUT2D eigenvalue weighted by atomic mass is 79.9. The number of methoxy groups -OCH3 is 1. The second-order valence-electron chi connectivity index (χ2n) is 4.67. The predicted molar refractivity (Wildman–Crippen MR) is 91.1 cm³/mol. The molecule has 122 valence electrons. The Labute approximate surface area is 148 Å². The van der Waals surface area contributed by atoms with E-state index in [1.807, 2.05) is 12.1 Å². The van der Waals surface area contributed by atoms with Gasteiger partial charge in [0.25, 0.3) is 0 Å². The van der Waals surface area contributed by atoms with Crippen molar-refractivity contribution in [3.05, 3.63) is 62.0 Å². The number of aliphatic imine (C=N–C) groups is 1. The fourth-order valence-corrected chi connectivity index (χ4v) is 3.36. The molecule has 0 bridgehead atoms. The first kappa shape index (κ1) is 18.0. The van der Waals surface area contributed by atoms with Crippen molar-refractivity contribution in [1.82, 2.24) is 0 Å². The van der Waals surface area contributed by atoms with E-state index in [1.54, 1.807) is 13.3 Å². The molecule has 0 N–H and O–H groups in total. The van der Waals surface area contributed by atoms with Gasteiger partial charge < -0.3 is 4.74 Å². The third kappa shape index (κ3) is 4.81. The van der Waals surface area contributed by atoms with E-state index in [-0.39, 0.29) is 6.54 Å². The molecular formula is C16H12Br2F3NO. The van der Waals surface area contributed by atoms with Gasteiger partial charge in [-0.05, 0) is 45.8 Å². The summed E-state index contributed by atoms with van der Waals surface area (Å²) in [7, 11) is 1.56. The lowest BCUT2D eigenvalue weighted by Gasteiger charge is -2.08. The van der Waals surface area contributed by atoms with Crippen LogP contribution in [0.2, 0.25) is 0 Å². The summed E-state index contributed by atoms with van der Waals surface area (Å²) in [6, 6.07) is 8.66. The maximum atomic E-state index is 12.5. The lowest BCUT2D eigenvalue weighted by molar-refractivity contribution is -0.137. The SMILES string of the molecule is COc1c(Br)cc(Br)cc1C=NCc1ccc(C(F)(F)F)cc1. The normalized spacial score (nSPS) is 11.9. The molecule has 2 aromatic carbocycles. The van der Waals surface area contributed by atoms with Crippen LogP contribution >= 0.6 is 31.9 Å². The Morgan fingerprint density at radius 1 is 1.13 bits per heavy atom. The molecule has 0 aliphatic carbocycles. The zero-order valence-corrected chi connectivity index (χ0v) is 15.2. The molecule has 0 fully saturated rings. The first-order valence-electron chi connectivity index (χ1n) is 6.50. The highest BCUT2D eigenvalue weighted by Gasteiger charge is 2.29. The summed E-state index contributed by atoms with van der Waals surface area (Å²) in [5, 5.41) is 0. The highest BCUT2D eigenvalue weighted by Crippen LogP contribution is 2.32. The van der Waals surface area contributed by atoms with Gasteiger partial charge in [0, 0.05) is 16.3 Å². The average Bonchev–Trinajstić information content (AvgIpc) is 2.46. The third-order valence-corrected chi connectivity index (χ3v) is 4.07. The zero-order valence-electron chi connectivity index (χ0n) is 12.0. The molecule has 0 spiro atoms. The number of rotatable bonds is 4. The number of alkyl halides is 3. The van der Waals surface area contributed by atoms with Crippen molar-refractivity contribution in [2.75, 3.05) is 7.11 Å². The second-order valence-corrected chi connectivity index (χ2v) is 6.44. The minimum absolute atomic E-state index is 0.283. The summed E-state index contributed by atoms with van der Waals surface area (Å²) >= 11 is 6.78. The maximum absolute atomic E-state index is 12.5. The highest BCUT2D eigenvalue weighted by molar-refractivity contribution is 9.11. The van der Waals surface area contributed by atoms with Gasteiger partial charge in [-0.25, -0.2) is 0 Å². The minimum atomic E-state index is -4.32. The molecule has 0 aromatic heterocycles. The van der Waals surface area contributed by atoms with E-state index in [2.05, 4.69) is 36.9 Å². The average molecular weight is 451 g/mol. The van der Waals surface area contributed by atoms with Gasteiger partial charge in [-0.1, -0.05) is 28.1 Å². The number of hydrogen-bond donors (Lipinski definition) is 0. The van der Waals surface area contributed by atoms with Crippen LogP contribution in [-0.2, 0) is 12.7 Å². The second kappa shape index (κ2) is 7.49. The van der Waals surface area contributed by atoms with E-state index >= 15 is 0 Å². The third-order valence-electron chi connectivity index (χ3n) is 3.03. The molecule has 0 amide bonds. The summed E-state index contributed by atoms with van der Waals surface area (Å²) in [5.74, 6) is 0.643. The molecule has 0 saturated carbocycles. The monoisotopic (exact) mass is 449 g/mol. The molecule has 0 aliphatic rings. The van der Waals surface area contributed by atoms with Crippen molar-refractivity contribution in [2.24, 2.45) is 4.99 Å².